The Labute approximate surface area is 159 Å². The van der Waals surface area contributed by atoms with Gasteiger partial charge in [0.1, 0.15) is 9.88 Å². The number of benzene rings is 2. The molecule has 0 fully saturated rings. The van der Waals surface area contributed by atoms with Crippen molar-refractivity contribution in [1.82, 2.24) is 10.3 Å². The lowest BCUT2D eigenvalue weighted by Crippen LogP contribution is -2.23. The molecule has 0 aliphatic heterocycles. The molecule has 0 aliphatic rings. The maximum atomic E-state index is 12.5. The highest BCUT2D eigenvalue weighted by Crippen LogP contribution is 2.29. The fourth-order valence-electron chi connectivity index (χ4n) is 2.45. The van der Waals surface area contributed by atoms with Gasteiger partial charge in [0.15, 0.2) is 0 Å². The number of primary amides is 1. The topological polar surface area (TPSA) is 85.1 Å². The molecule has 1 heterocycles. The third-order valence-corrected chi connectivity index (χ3v) is 5.18. The molecule has 0 unspecified atom stereocenters. The Morgan fingerprint density at radius 3 is 2.69 bits per heavy atom. The Bertz CT molecular complexity index is 984. The van der Waals surface area contributed by atoms with Crippen molar-refractivity contribution in [1.29, 1.82) is 0 Å². The quantitative estimate of drug-likeness (QED) is 0.700. The molecule has 5 nitrogen and oxygen atoms in total. The van der Waals surface area contributed by atoms with Gasteiger partial charge >= 0.3 is 0 Å². The molecule has 2 aromatic carbocycles. The second kappa shape index (κ2) is 7.68. The SMILES string of the molecule is Cc1nc(-c2cccc(Cl)c2)sc1C(=O)NCc1cccc(C(N)=O)c1. The lowest BCUT2D eigenvalue weighted by Gasteiger charge is -2.05. The zero-order valence-electron chi connectivity index (χ0n) is 14.0. The Balaban J connectivity index is 1.74. The number of hydrogen-bond acceptors (Lipinski definition) is 4. The second-order valence-corrected chi connectivity index (χ2v) is 7.13. The zero-order chi connectivity index (χ0) is 18.7. The molecule has 0 bridgehead atoms. The van der Waals surface area contributed by atoms with Crippen molar-refractivity contribution in [3.8, 4) is 10.6 Å². The number of halogens is 1. The maximum absolute atomic E-state index is 12.5. The smallest absolute Gasteiger partial charge is 0.263 e. The fraction of sp³-hybridized carbons (Fsp3) is 0.105. The van der Waals surface area contributed by atoms with Crippen molar-refractivity contribution in [2.24, 2.45) is 5.73 Å². The van der Waals surface area contributed by atoms with Gasteiger partial charge in [-0.05, 0) is 36.8 Å². The summed E-state index contributed by atoms with van der Waals surface area (Å²) >= 11 is 7.34. The molecule has 3 rings (SSSR count). The number of rotatable bonds is 5. The Morgan fingerprint density at radius 1 is 1.19 bits per heavy atom. The van der Waals surface area contributed by atoms with Crippen molar-refractivity contribution in [2.75, 3.05) is 0 Å². The number of carbonyl (C=O) groups is 2. The van der Waals surface area contributed by atoms with E-state index in [4.69, 9.17) is 17.3 Å². The highest BCUT2D eigenvalue weighted by Gasteiger charge is 2.16. The van der Waals surface area contributed by atoms with Crippen LogP contribution in [0.15, 0.2) is 48.5 Å². The molecule has 0 aliphatic carbocycles. The molecule has 0 saturated carbocycles. The van der Waals surface area contributed by atoms with Crippen LogP contribution in [0.4, 0.5) is 0 Å². The number of nitrogens with zero attached hydrogens (tertiary/aromatic N) is 1. The summed E-state index contributed by atoms with van der Waals surface area (Å²) in [5.74, 6) is -0.708. The van der Waals surface area contributed by atoms with Gasteiger partial charge < -0.3 is 11.1 Å². The first-order valence-corrected chi connectivity index (χ1v) is 9.04. The molecular formula is C19H16ClN3O2S. The minimum atomic E-state index is -0.498. The molecule has 3 N–H and O–H groups in total. The van der Waals surface area contributed by atoms with E-state index in [2.05, 4.69) is 10.3 Å². The van der Waals surface area contributed by atoms with Crippen LogP contribution < -0.4 is 11.1 Å². The van der Waals surface area contributed by atoms with E-state index in [1.807, 2.05) is 24.3 Å². The lowest BCUT2D eigenvalue weighted by molar-refractivity contribution is 0.0953. The summed E-state index contributed by atoms with van der Waals surface area (Å²) in [6.07, 6.45) is 0. The minimum absolute atomic E-state index is 0.210. The summed E-state index contributed by atoms with van der Waals surface area (Å²) in [4.78, 5) is 28.8. The van der Waals surface area contributed by atoms with E-state index in [0.29, 0.717) is 27.7 Å². The molecule has 132 valence electrons. The molecular weight excluding hydrogens is 370 g/mol. The van der Waals surface area contributed by atoms with Crippen LogP contribution in [0.1, 0.15) is 31.3 Å². The third kappa shape index (κ3) is 4.09. The number of hydrogen-bond donors (Lipinski definition) is 2. The number of aromatic nitrogens is 1. The second-order valence-electron chi connectivity index (χ2n) is 5.69. The first-order chi connectivity index (χ1) is 12.4. The van der Waals surface area contributed by atoms with E-state index in [-0.39, 0.29) is 5.91 Å². The van der Waals surface area contributed by atoms with E-state index < -0.39 is 5.91 Å². The van der Waals surface area contributed by atoms with Gasteiger partial charge in [0.2, 0.25) is 5.91 Å². The molecule has 0 atom stereocenters. The van der Waals surface area contributed by atoms with E-state index in [1.54, 1.807) is 31.2 Å². The van der Waals surface area contributed by atoms with Crippen LogP contribution in [-0.4, -0.2) is 16.8 Å². The molecule has 1 aromatic heterocycles. The van der Waals surface area contributed by atoms with Gasteiger partial charge in [-0.25, -0.2) is 4.98 Å². The van der Waals surface area contributed by atoms with Gasteiger partial charge in [0, 0.05) is 22.7 Å². The fourth-order valence-corrected chi connectivity index (χ4v) is 3.62. The van der Waals surface area contributed by atoms with Crippen molar-refractivity contribution < 1.29 is 9.59 Å². The molecule has 0 spiro atoms. The molecule has 7 heteroatoms. The first kappa shape index (κ1) is 18.1. The monoisotopic (exact) mass is 385 g/mol. The van der Waals surface area contributed by atoms with Gasteiger partial charge in [-0.2, -0.15) is 0 Å². The van der Waals surface area contributed by atoms with Crippen LogP contribution >= 0.6 is 22.9 Å². The van der Waals surface area contributed by atoms with Crippen LogP contribution in [0.2, 0.25) is 5.02 Å². The predicted octanol–water partition coefficient (Wildman–Crippen LogP) is 3.80. The molecule has 3 aromatic rings. The highest BCUT2D eigenvalue weighted by atomic mass is 35.5. The summed E-state index contributed by atoms with van der Waals surface area (Å²) in [6, 6.07) is 14.2. The minimum Gasteiger partial charge on any atom is -0.366 e. The van der Waals surface area contributed by atoms with Crippen molar-refractivity contribution in [2.45, 2.75) is 13.5 Å². The first-order valence-electron chi connectivity index (χ1n) is 7.84. The summed E-state index contributed by atoms with van der Waals surface area (Å²) in [6.45, 7) is 2.09. The molecule has 2 amide bonds. The van der Waals surface area contributed by atoms with Crippen LogP contribution in [0.5, 0.6) is 0 Å². The number of aryl methyl sites for hydroxylation is 1. The van der Waals surface area contributed by atoms with Gasteiger partial charge in [0.05, 0.1) is 5.69 Å². The van der Waals surface area contributed by atoms with Crippen LogP contribution in [0.25, 0.3) is 10.6 Å². The number of nitrogens with two attached hydrogens (primary N) is 1. The lowest BCUT2D eigenvalue weighted by atomic mass is 10.1. The van der Waals surface area contributed by atoms with Gasteiger partial charge in [-0.1, -0.05) is 35.9 Å². The van der Waals surface area contributed by atoms with Crippen molar-refractivity contribution in [3.05, 3.63) is 75.3 Å². The van der Waals surface area contributed by atoms with E-state index in [1.165, 1.54) is 11.3 Å². The normalized spacial score (nSPS) is 10.5. The van der Waals surface area contributed by atoms with Gasteiger partial charge in [-0.3, -0.25) is 9.59 Å². The zero-order valence-corrected chi connectivity index (χ0v) is 15.5. The van der Waals surface area contributed by atoms with E-state index in [9.17, 15) is 9.59 Å². The summed E-state index contributed by atoms with van der Waals surface area (Å²) < 4.78 is 0. The predicted molar refractivity (Wildman–Crippen MR) is 103 cm³/mol. The van der Waals surface area contributed by atoms with Crippen LogP contribution in [-0.2, 0) is 6.54 Å². The third-order valence-electron chi connectivity index (χ3n) is 3.74. The number of carbonyl (C=O) groups excluding carboxylic acids is 2. The van der Waals surface area contributed by atoms with Crippen LogP contribution in [0.3, 0.4) is 0 Å². The number of nitrogens with one attached hydrogen (secondary N) is 1. The molecule has 0 radical (unpaired) electrons. The largest absolute Gasteiger partial charge is 0.366 e. The van der Waals surface area contributed by atoms with E-state index >= 15 is 0 Å². The Kier molecular flexibility index (Phi) is 5.35. The Morgan fingerprint density at radius 2 is 1.96 bits per heavy atom. The van der Waals surface area contributed by atoms with Crippen LogP contribution in [0, 0.1) is 6.92 Å². The maximum Gasteiger partial charge on any atom is 0.263 e. The standard InChI is InChI=1S/C19H16ClN3O2S/c1-11-16(26-19(23-11)14-6-3-7-15(20)9-14)18(25)22-10-12-4-2-5-13(8-12)17(21)24/h2-9H,10H2,1H3,(H2,21,24)(H,22,25). The summed E-state index contributed by atoms with van der Waals surface area (Å²) in [5.41, 5.74) is 8.02. The molecule has 0 saturated heterocycles. The average Bonchev–Trinajstić information content (AvgIpc) is 3.02. The average molecular weight is 386 g/mol. The van der Waals surface area contributed by atoms with Crippen molar-refractivity contribution >= 4 is 34.8 Å². The highest BCUT2D eigenvalue weighted by molar-refractivity contribution is 7.17. The molecule has 26 heavy (non-hydrogen) atoms. The number of thiazole rings is 1. The Hall–Kier alpha value is -2.70. The summed E-state index contributed by atoms with van der Waals surface area (Å²) in [7, 11) is 0. The summed E-state index contributed by atoms with van der Waals surface area (Å²) in [5, 5.41) is 4.21. The number of amides is 2. The van der Waals surface area contributed by atoms with Gasteiger partial charge in [-0.15, -0.1) is 11.3 Å². The van der Waals surface area contributed by atoms with Crippen molar-refractivity contribution in [3.63, 3.8) is 0 Å². The van der Waals surface area contributed by atoms with E-state index in [0.717, 1.165) is 16.1 Å². The van der Waals surface area contributed by atoms with Gasteiger partial charge in [0.25, 0.3) is 5.91 Å².